The Balaban J connectivity index is 3.60. The molecule has 0 heterocycles. The third kappa shape index (κ3) is 6.57. The lowest BCUT2D eigenvalue weighted by Crippen LogP contribution is -2.20. The molecule has 0 saturated carbocycles. The predicted molar refractivity (Wildman–Crippen MR) is 48.0 cm³/mol. The fraction of sp³-hybridized carbons (Fsp3) is 0.800. The third-order valence-corrected chi connectivity index (χ3v) is 1.14. The summed E-state index contributed by atoms with van der Waals surface area (Å²) < 4.78 is 4.50. The third-order valence-electron chi connectivity index (χ3n) is 0.466. The van der Waals surface area contributed by atoms with E-state index in [1.165, 1.54) is 0 Å². The molecule has 0 aromatic heterocycles. The van der Waals surface area contributed by atoms with E-state index in [4.69, 9.17) is 4.74 Å². The Labute approximate surface area is 76.6 Å². The summed E-state index contributed by atoms with van der Waals surface area (Å²) in [4.78, 5) is 10.6. The highest BCUT2D eigenvalue weighted by molar-refractivity contribution is 14.1. The van der Waals surface area contributed by atoms with Crippen LogP contribution in [0.25, 0.3) is 0 Å². The molecular weight excluding hydrogens is 299 g/mol. The van der Waals surface area contributed by atoms with Gasteiger partial charge in [-0.05, 0) is 36.4 Å². The van der Waals surface area contributed by atoms with E-state index in [9.17, 15) is 4.79 Å². The van der Waals surface area contributed by atoms with Crippen LogP contribution >= 0.6 is 38.5 Å². The molecule has 0 aromatic rings. The second-order valence-corrected chi connectivity index (χ2v) is 5.13. The van der Waals surface area contributed by atoms with E-state index >= 15 is 0 Å². The standard InChI is InChI=1S/C5H8BrIO2/c1-5(2,7)9-4(8)3-6/h3H2,1-2H3. The Morgan fingerprint density at radius 2 is 2.22 bits per heavy atom. The molecule has 0 radical (unpaired) electrons. The molecule has 0 aromatic carbocycles. The molecule has 0 aliphatic carbocycles. The summed E-state index contributed by atoms with van der Waals surface area (Å²) in [7, 11) is 0. The van der Waals surface area contributed by atoms with Crippen LogP contribution in [0.3, 0.4) is 0 Å². The van der Waals surface area contributed by atoms with Crippen molar-refractivity contribution in [1.29, 1.82) is 0 Å². The highest BCUT2D eigenvalue weighted by Crippen LogP contribution is 2.18. The molecule has 0 saturated heterocycles. The maximum Gasteiger partial charge on any atom is 0.317 e. The zero-order valence-electron chi connectivity index (χ0n) is 5.28. The second-order valence-electron chi connectivity index (χ2n) is 1.97. The lowest BCUT2D eigenvalue weighted by atomic mass is 10.5. The highest BCUT2D eigenvalue weighted by Gasteiger charge is 2.16. The van der Waals surface area contributed by atoms with Crippen LogP contribution in [0.15, 0.2) is 0 Å². The van der Waals surface area contributed by atoms with Crippen molar-refractivity contribution in [2.24, 2.45) is 0 Å². The molecule has 9 heavy (non-hydrogen) atoms. The van der Waals surface area contributed by atoms with E-state index in [1.54, 1.807) is 0 Å². The van der Waals surface area contributed by atoms with Crippen molar-refractivity contribution in [3.05, 3.63) is 0 Å². The van der Waals surface area contributed by atoms with Gasteiger partial charge in [0.05, 0.1) is 0 Å². The Morgan fingerprint density at radius 3 is 2.33 bits per heavy atom. The van der Waals surface area contributed by atoms with Gasteiger partial charge in [0.25, 0.3) is 0 Å². The number of carbonyl (C=O) groups excluding carboxylic acids is 1. The minimum Gasteiger partial charge on any atom is -0.448 e. The smallest absolute Gasteiger partial charge is 0.317 e. The van der Waals surface area contributed by atoms with Crippen LogP contribution in [0, 0.1) is 0 Å². The molecular formula is C5H8BrIO2. The van der Waals surface area contributed by atoms with Crippen LogP contribution in [-0.2, 0) is 9.53 Å². The molecule has 4 heteroatoms. The summed E-state index contributed by atoms with van der Waals surface area (Å²) in [5.74, 6) is -0.227. The summed E-state index contributed by atoms with van der Waals surface area (Å²) in [6, 6.07) is 0. The maximum absolute atomic E-state index is 10.6. The van der Waals surface area contributed by atoms with Crippen molar-refractivity contribution in [3.8, 4) is 0 Å². The van der Waals surface area contributed by atoms with E-state index in [0.717, 1.165) is 0 Å². The molecule has 0 unspecified atom stereocenters. The number of carbonyl (C=O) groups is 1. The number of hydrogen-bond donors (Lipinski definition) is 0. The lowest BCUT2D eigenvalue weighted by molar-refractivity contribution is -0.144. The van der Waals surface area contributed by atoms with Gasteiger partial charge in [-0.2, -0.15) is 0 Å². The molecule has 0 rings (SSSR count). The van der Waals surface area contributed by atoms with Crippen molar-refractivity contribution in [2.45, 2.75) is 17.5 Å². The van der Waals surface area contributed by atoms with Gasteiger partial charge in [-0.25, -0.2) is 0 Å². The fourth-order valence-electron chi connectivity index (χ4n) is 0.298. The molecule has 0 aliphatic rings. The topological polar surface area (TPSA) is 26.3 Å². The summed E-state index contributed by atoms with van der Waals surface area (Å²) in [5, 5.41) is 0.263. The number of rotatable bonds is 2. The largest absolute Gasteiger partial charge is 0.448 e. The Bertz CT molecular complexity index is 108. The predicted octanol–water partition coefficient (Wildman–Crippen LogP) is 2.10. The maximum atomic E-state index is 10.6. The van der Waals surface area contributed by atoms with Crippen LogP contribution in [0.2, 0.25) is 0 Å². The van der Waals surface area contributed by atoms with Crippen LogP contribution in [-0.4, -0.2) is 14.9 Å². The lowest BCUT2D eigenvalue weighted by Gasteiger charge is -2.15. The number of ether oxygens (including phenoxy) is 1. The molecule has 0 amide bonds. The van der Waals surface area contributed by atoms with Crippen LogP contribution in [0.4, 0.5) is 0 Å². The first kappa shape index (κ1) is 9.68. The van der Waals surface area contributed by atoms with Crippen molar-refractivity contribution >= 4 is 44.5 Å². The summed E-state index contributed by atoms with van der Waals surface area (Å²) in [5.41, 5.74) is 0. The quantitative estimate of drug-likeness (QED) is 0.444. The summed E-state index contributed by atoms with van der Waals surface area (Å²) in [6.45, 7) is 3.66. The highest BCUT2D eigenvalue weighted by atomic mass is 127. The van der Waals surface area contributed by atoms with Gasteiger partial charge in [-0.1, -0.05) is 15.9 Å². The Hall–Kier alpha value is 0.680. The monoisotopic (exact) mass is 306 g/mol. The second kappa shape index (κ2) is 3.75. The van der Waals surface area contributed by atoms with Gasteiger partial charge in [-0.15, -0.1) is 0 Å². The first-order chi connectivity index (χ1) is 3.95. The molecule has 0 spiro atoms. The fourth-order valence-corrected chi connectivity index (χ4v) is 0.658. The molecule has 0 bridgehead atoms. The van der Waals surface area contributed by atoms with E-state index in [1.807, 2.05) is 13.8 Å². The number of hydrogen-bond acceptors (Lipinski definition) is 2. The van der Waals surface area contributed by atoms with Crippen LogP contribution < -0.4 is 0 Å². The van der Waals surface area contributed by atoms with Crippen molar-refractivity contribution in [3.63, 3.8) is 0 Å². The average Bonchev–Trinajstić information content (AvgIpc) is 1.62. The SMILES string of the molecule is CC(C)(I)OC(=O)CBr. The molecule has 2 nitrogen and oxygen atoms in total. The van der Waals surface area contributed by atoms with Gasteiger partial charge < -0.3 is 4.74 Å². The van der Waals surface area contributed by atoms with Gasteiger partial charge in [0.15, 0.2) is 3.61 Å². The van der Waals surface area contributed by atoms with Crippen molar-refractivity contribution in [1.82, 2.24) is 0 Å². The van der Waals surface area contributed by atoms with E-state index < -0.39 is 0 Å². The van der Waals surface area contributed by atoms with Gasteiger partial charge >= 0.3 is 5.97 Å². The summed E-state index contributed by atoms with van der Waals surface area (Å²) >= 11 is 5.04. The Kier molecular flexibility index (Phi) is 4.04. The van der Waals surface area contributed by atoms with Gasteiger partial charge in [-0.3, -0.25) is 4.79 Å². The zero-order valence-corrected chi connectivity index (χ0v) is 9.02. The molecule has 0 atom stereocenters. The van der Waals surface area contributed by atoms with Crippen molar-refractivity contribution < 1.29 is 9.53 Å². The Morgan fingerprint density at radius 1 is 1.78 bits per heavy atom. The molecule has 0 fully saturated rings. The van der Waals surface area contributed by atoms with E-state index in [-0.39, 0.29) is 14.9 Å². The zero-order chi connectivity index (χ0) is 7.49. The minimum absolute atomic E-state index is 0.227. The molecule has 0 aliphatic heterocycles. The summed E-state index contributed by atoms with van der Waals surface area (Å²) in [6.07, 6.45) is 0. The van der Waals surface area contributed by atoms with E-state index in [0.29, 0.717) is 0 Å². The minimum atomic E-state index is -0.386. The van der Waals surface area contributed by atoms with Crippen LogP contribution in [0.1, 0.15) is 13.8 Å². The van der Waals surface area contributed by atoms with Gasteiger partial charge in [0, 0.05) is 0 Å². The number of halogens is 2. The van der Waals surface area contributed by atoms with E-state index in [2.05, 4.69) is 38.5 Å². The normalized spacial score (nSPS) is 11.1. The average molecular weight is 307 g/mol. The van der Waals surface area contributed by atoms with Crippen molar-refractivity contribution in [2.75, 3.05) is 5.33 Å². The number of esters is 1. The first-order valence-electron chi connectivity index (χ1n) is 2.42. The molecule has 0 N–H and O–H groups in total. The van der Waals surface area contributed by atoms with Gasteiger partial charge in [0.1, 0.15) is 5.33 Å². The van der Waals surface area contributed by atoms with Gasteiger partial charge in [0.2, 0.25) is 0 Å². The first-order valence-corrected chi connectivity index (χ1v) is 4.62. The number of alkyl halides is 2. The molecule has 54 valence electrons. The van der Waals surface area contributed by atoms with Crippen LogP contribution in [0.5, 0.6) is 0 Å².